The Bertz CT molecular complexity index is 901. The Balaban J connectivity index is 1.36. The van der Waals surface area contributed by atoms with Gasteiger partial charge in [-0.2, -0.15) is 0 Å². The summed E-state index contributed by atoms with van der Waals surface area (Å²) in [6, 6.07) is 4.47. The van der Waals surface area contributed by atoms with E-state index >= 15 is 0 Å². The number of anilines is 1. The van der Waals surface area contributed by atoms with Gasteiger partial charge in [0, 0.05) is 41.3 Å². The van der Waals surface area contributed by atoms with Gasteiger partial charge in [-0.25, -0.2) is 0 Å². The van der Waals surface area contributed by atoms with Crippen LogP contribution in [-0.2, 0) is 4.79 Å². The number of hydrogen-bond acceptors (Lipinski definition) is 5. The van der Waals surface area contributed by atoms with Crippen molar-refractivity contribution in [1.82, 2.24) is 15.2 Å². The third-order valence-electron chi connectivity index (χ3n) is 6.44. The number of aromatic nitrogens is 1. The van der Waals surface area contributed by atoms with Gasteiger partial charge in [-0.3, -0.25) is 19.5 Å². The zero-order valence-electron chi connectivity index (χ0n) is 15.5. The summed E-state index contributed by atoms with van der Waals surface area (Å²) in [4.78, 5) is 33.5. The van der Waals surface area contributed by atoms with E-state index in [0.29, 0.717) is 24.1 Å². The van der Waals surface area contributed by atoms with E-state index < -0.39 is 0 Å². The lowest BCUT2D eigenvalue weighted by Gasteiger charge is -2.49. The number of nitrogens with zero attached hydrogens (tertiary/aromatic N) is 3. The Labute approximate surface area is 162 Å². The second kappa shape index (κ2) is 6.56. The Hall–Kier alpha value is -1.99. The first-order chi connectivity index (χ1) is 13.1. The van der Waals surface area contributed by atoms with Crippen molar-refractivity contribution >= 4 is 38.2 Å². The topological polar surface area (TPSA) is 65.5 Å². The smallest absolute Gasteiger partial charge is 0.270 e. The van der Waals surface area contributed by atoms with Crippen LogP contribution in [0.25, 0.3) is 10.1 Å². The molecule has 0 radical (unpaired) electrons. The number of piperidine rings is 3. The predicted molar refractivity (Wildman–Crippen MR) is 106 cm³/mol. The minimum atomic E-state index is -0.0882. The molecule has 1 N–H and O–H groups in total. The molecule has 2 aromatic heterocycles. The summed E-state index contributed by atoms with van der Waals surface area (Å²) in [6.07, 6.45) is 5.62. The number of fused-ring (bicyclic) bond motifs is 4. The van der Waals surface area contributed by atoms with Crippen molar-refractivity contribution < 1.29 is 9.59 Å². The SMILES string of the molecule is C[C@H]1[C@H](NC(=O)c2cc3sc(N4CCCC4=O)cc3cn2)C2CCN1CC2. The van der Waals surface area contributed by atoms with Crippen LogP contribution >= 0.6 is 11.3 Å². The largest absolute Gasteiger partial charge is 0.346 e. The van der Waals surface area contributed by atoms with Crippen LogP contribution in [-0.4, -0.2) is 53.4 Å². The number of hydrogen-bond donors (Lipinski definition) is 1. The minimum Gasteiger partial charge on any atom is -0.346 e. The summed E-state index contributed by atoms with van der Waals surface area (Å²) in [5.74, 6) is 0.672. The second-order valence-electron chi connectivity index (χ2n) is 7.95. The molecule has 27 heavy (non-hydrogen) atoms. The molecule has 4 aliphatic heterocycles. The number of amides is 2. The molecule has 0 spiro atoms. The minimum absolute atomic E-state index is 0.0882. The number of carbonyl (C=O) groups excluding carboxylic acids is 2. The van der Waals surface area contributed by atoms with Gasteiger partial charge in [-0.05, 0) is 57.3 Å². The monoisotopic (exact) mass is 384 g/mol. The highest BCUT2D eigenvalue weighted by atomic mass is 32.1. The van der Waals surface area contributed by atoms with Gasteiger partial charge in [0.1, 0.15) is 5.69 Å². The summed E-state index contributed by atoms with van der Waals surface area (Å²) < 4.78 is 1.01. The molecule has 6 nitrogen and oxygen atoms in total. The summed E-state index contributed by atoms with van der Waals surface area (Å²) in [5.41, 5.74) is 0.465. The number of rotatable bonds is 3. The molecule has 0 unspecified atom stereocenters. The molecule has 4 saturated heterocycles. The first kappa shape index (κ1) is 17.1. The van der Waals surface area contributed by atoms with E-state index in [1.54, 1.807) is 17.5 Å². The average molecular weight is 385 g/mol. The highest BCUT2D eigenvalue weighted by Crippen LogP contribution is 2.35. The molecule has 2 bridgehead atoms. The number of thiophene rings is 1. The van der Waals surface area contributed by atoms with Gasteiger partial charge in [-0.1, -0.05) is 0 Å². The number of nitrogens with one attached hydrogen (secondary N) is 1. The zero-order valence-corrected chi connectivity index (χ0v) is 16.3. The lowest BCUT2D eigenvalue weighted by molar-refractivity contribution is -0.117. The van der Waals surface area contributed by atoms with E-state index in [0.717, 1.165) is 41.1 Å². The van der Waals surface area contributed by atoms with E-state index in [9.17, 15) is 9.59 Å². The summed E-state index contributed by atoms with van der Waals surface area (Å²) in [7, 11) is 0. The molecule has 142 valence electrons. The fourth-order valence-electron chi connectivity index (χ4n) is 4.83. The van der Waals surface area contributed by atoms with Gasteiger partial charge in [0.2, 0.25) is 5.91 Å². The fourth-order valence-corrected chi connectivity index (χ4v) is 5.94. The van der Waals surface area contributed by atoms with Gasteiger partial charge >= 0.3 is 0 Å². The lowest BCUT2D eigenvalue weighted by atomic mass is 9.79. The molecule has 2 amide bonds. The second-order valence-corrected chi connectivity index (χ2v) is 9.02. The number of carbonyl (C=O) groups is 2. The maximum Gasteiger partial charge on any atom is 0.270 e. The third-order valence-corrected chi connectivity index (χ3v) is 7.56. The van der Waals surface area contributed by atoms with Crippen molar-refractivity contribution in [2.45, 2.75) is 44.7 Å². The maximum absolute atomic E-state index is 12.8. The molecule has 0 saturated carbocycles. The van der Waals surface area contributed by atoms with Crippen LogP contribution in [0, 0.1) is 5.92 Å². The first-order valence-corrected chi connectivity index (χ1v) is 10.7. The van der Waals surface area contributed by atoms with Crippen LogP contribution in [0.5, 0.6) is 0 Å². The molecule has 2 aromatic rings. The molecular formula is C20H24N4O2S. The van der Waals surface area contributed by atoms with Crippen LogP contribution in [0.2, 0.25) is 0 Å². The van der Waals surface area contributed by atoms with Crippen LogP contribution in [0.15, 0.2) is 18.3 Å². The van der Waals surface area contributed by atoms with E-state index in [1.165, 1.54) is 12.8 Å². The summed E-state index contributed by atoms with van der Waals surface area (Å²) in [6.45, 7) is 5.29. The average Bonchev–Trinajstić information content (AvgIpc) is 3.29. The highest BCUT2D eigenvalue weighted by molar-refractivity contribution is 7.23. The molecule has 0 aromatic carbocycles. The molecule has 6 heterocycles. The zero-order chi connectivity index (χ0) is 18.5. The van der Waals surface area contributed by atoms with Gasteiger partial charge in [0.25, 0.3) is 5.91 Å². The molecular weight excluding hydrogens is 360 g/mol. The van der Waals surface area contributed by atoms with Crippen molar-refractivity contribution in [2.75, 3.05) is 24.5 Å². The molecule has 0 aliphatic carbocycles. The van der Waals surface area contributed by atoms with Gasteiger partial charge < -0.3 is 10.2 Å². The van der Waals surface area contributed by atoms with E-state index in [2.05, 4.69) is 22.1 Å². The van der Waals surface area contributed by atoms with Gasteiger partial charge in [0.05, 0.1) is 5.00 Å². The molecule has 4 fully saturated rings. The van der Waals surface area contributed by atoms with Gasteiger partial charge in [-0.15, -0.1) is 11.3 Å². The van der Waals surface area contributed by atoms with Crippen LogP contribution in [0.4, 0.5) is 5.00 Å². The van der Waals surface area contributed by atoms with Crippen LogP contribution in [0.1, 0.15) is 43.1 Å². The van der Waals surface area contributed by atoms with E-state index in [4.69, 9.17) is 0 Å². The summed E-state index contributed by atoms with van der Waals surface area (Å²) >= 11 is 1.57. The summed E-state index contributed by atoms with van der Waals surface area (Å²) in [5, 5.41) is 5.19. The molecule has 2 atom stereocenters. The van der Waals surface area contributed by atoms with E-state index in [-0.39, 0.29) is 17.9 Å². The van der Waals surface area contributed by atoms with Crippen LogP contribution < -0.4 is 10.2 Å². The predicted octanol–water partition coefficient (Wildman–Crippen LogP) is 2.64. The van der Waals surface area contributed by atoms with E-state index in [1.807, 2.05) is 17.0 Å². The van der Waals surface area contributed by atoms with Crippen LogP contribution in [0.3, 0.4) is 0 Å². The van der Waals surface area contributed by atoms with Crippen molar-refractivity contribution in [3.8, 4) is 0 Å². The maximum atomic E-state index is 12.8. The Morgan fingerprint density at radius 3 is 2.78 bits per heavy atom. The quantitative estimate of drug-likeness (QED) is 0.884. The lowest BCUT2D eigenvalue weighted by Crippen LogP contribution is -2.62. The molecule has 6 rings (SSSR count). The Morgan fingerprint density at radius 1 is 1.26 bits per heavy atom. The standard InChI is InChI=1S/C20H24N4O2S/c1-12-19(13-4-7-23(12)8-5-13)22-20(26)15-10-16-14(11-21-15)9-18(27-16)24-6-2-3-17(24)25/h9-13,19H,2-8H2,1H3,(H,22,26)/t12-,19-/m0/s1. The molecule has 4 aliphatic rings. The van der Waals surface area contributed by atoms with Crippen molar-refractivity contribution in [3.63, 3.8) is 0 Å². The van der Waals surface area contributed by atoms with Crippen molar-refractivity contribution in [1.29, 1.82) is 0 Å². The Kier molecular flexibility index (Phi) is 4.16. The Morgan fingerprint density at radius 2 is 2.07 bits per heavy atom. The van der Waals surface area contributed by atoms with Crippen molar-refractivity contribution in [3.05, 3.63) is 24.0 Å². The normalized spacial score (nSPS) is 30.3. The van der Waals surface area contributed by atoms with Crippen molar-refractivity contribution in [2.24, 2.45) is 5.92 Å². The first-order valence-electron chi connectivity index (χ1n) is 9.85. The fraction of sp³-hybridized carbons (Fsp3) is 0.550. The number of pyridine rings is 1. The van der Waals surface area contributed by atoms with Gasteiger partial charge in [0.15, 0.2) is 0 Å². The molecule has 7 heteroatoms. The highest BCUT2D eigenvalue weighted by Gasteiger charge is 2.40. The third kappa shape index (κ3) is 2.93.